The minimum atomic E-state index is 0.360. The second-order valence-corrected chi connectivity index (χ2v) is 6.85. The normalized spacial score (nSPS) is 11.2. The monoisotopic (exact) mass is 446 g/mol. The minimum absolute atomic E-state index is 0.360. The average Bonchev–Trinajstić information content (AvgIpc) is 2.83. The maximum atomic E-state index is 6.04. The molecule has 0 aliphatic heterocycles. The van der Waals surface area contributed by atoms with E-state index in [1.165, 1.54) is 0 Å². The van der Waals surface area contributed by atoms with Crippen LogP contribution in [0, 0.1) is 0 Å². The molecule has 0 unspecified atom stereocenters. The Bertz CT molecular complexity index is 1110. The van der Waals surface area contributed by atoms with Gasteiger partial charge < -0.3 is 9.47 Å². The van der Waals surface area contributed by atoms with E-state index in [2.05, 4.69) is 33.9 Å². The molecule has 0 amide bonds. The number of halogens is 1. The van der Waals surface area contributed by atoms with Crippen molar-refractivity contribution in [1.29, 1.82) is 0 Å². The smallest absolute Gasteiger partial charge is 0.201 e. The molecular formula is C25H23ClN4O2. The molecule has 0 fully saturated rings. The lowest BCUT2D eigenvalue weighted by atomic mass is 10.2. The molecule has 0 aliphatic rings. The first-order valence-electron chi connectivity index (χ1n) is 9.88. The van der Waals surface area contributed by atoms with Gasteiger partial charge in [0, 0.05) is 10.6 Å². The molecule has 0 saturated carbocycles. The van der Waals surface area contributed by atoms with Crippen molar-refractivity contribution in [2.75, 3.05) is 18.6 Å². The van der Waals surface area contributed by atoms with Crippen LogP contribution in [-0.4, -0.2) is 19.0 Å². The van der Waals surface area contributed by atoms with Crippen LogP contribution in [0.1, 0.15) is 5.56 Å². The molecule has 3 aromatic rings. The summed E-state index contributed by atoms with van der Waals surface area (Å²) in [4.78, 5) is 0. The SMILES string of the molecule is C=CCOc1ccccc1N=N/C(=N/Nc1ccccc1OCC=C)c1ccc(Cl)cc1. The number of hydrogen-bond acceptors (Lipinski definition) is 5. The first-order chi connectivity index (χ1) is 15.7. The maximum Gasteiger partial charge on any atom is 0.201 e. The third-order valence-corrected chi connectivity index (χ3v) is 4.35. The summed E-state index contributed by atoms with van der Waals surface area (Å²) in [5.41, 5.74) is 5.01. The quantitative estimate of drug-likeness (QED) is 0.119. The van der Waals surface area contributed by atoms with Crippen LogP contribution in [0.4, 0.5) is 11.4 Å². The molecule has 162 valence electrons. The van der Waals surface area contributed by atoms with Crippen molar-refractivity contribution >= 4 is 28.8 Å². The maximum absolute atomic E-state index is 6.04. The molecule has 0 saturated heterocycles. The highest BCUT2D eigenvalue weighted by atomic mass is 35.5. The van der Waals surface area contributed by atoms with E-state index in [9.17, 15) is 0 Å². The van der Waals surface area contributed by atoms with Crippen LogP contribution in [-0.2, 0) is 0 Å². The predicted octanol–water partition coefficient (Wildman–Crippen LogP) is 7.03. The van der Waals surface area contributed by atoms with Gasteiger partial charge in [0.15, 0.2) is 0 Å². The largest absolute Gasteiger partial charge is 0.487 e. The first kappa shape index (κ1) is 22.8. The lowest BCUT2D eigenvalue weighted by Gasteiger charge is -2.10. The van der Waals surface area contributed by atoms with E-state index >= 15 is 0 Å². The van der Waals surface area contributed by atoms with Gasteiger partial charge in [0.1, 0.15) is 30.4 Å². The van der Waals surface area contributed by atoms with Crippen molar-refractivity contribution in [1.82, 2.24) is 0 Å². The van der Waals surface area contributed by atoms with Gasteiger partial charge in [0.05, 0.1) is 5.69 Å². The third kappa shape index (κ3) is 6.55. The highest BCUT2D eigenvalue weighted by molar-refractivity contribution is 6.30. The summed E-state index contributed by atoms with van der Waals surface area (Å²) in [6.07, 6.45) is 3.35. The van der Waals surface area contributed by atoms with Crippen molar-refractivity contribution in [2.24, 2.45) is 15.3 Å². The molecule has 7 heteroatoms. The van der Waals surface area contributed by atoms with Crippen LogP contribution in [0.5, 0.6) is 11.5 Å². The Balaban J connectivity index is 1.92. The lowest BCUT2D eigenvalue weighted by molar-refractivity contribution is 0.364. The molecule has 0 radical (unpaired) electrons. The van der Waals surface area contributed by atoms with E-state index in [0.717, 1.165) is 5.56 Å². The van der Waals surface area contributed by atoms with Crippen LogP contribution in [0.15, 0.2) is 113 Å². The van der Waals surface area contributed by atoms with Crippen molar-refractivity contribution in [3.8, 4) is 11.5 Å². The van der Waals surface area contributed by atoms with Gasteiger partial charge in [-0.2, -0.15) is 5.10 Å². The molecule has 0 aromatic heterocycles. The minimum Gasteiger partial charge on any atom is -0.487 e. The van der Waals surface area contributed by atoms with E-state index in [4.69, 9.17) is 21.1 Å². The molecule has 6 nitrogen and oxygen atoms in total. The van der Waals surface area contributed by atoms with Gasteiger partial charge in [0.2, 0.25) is 5.84 Å². The van der Waals surface area contributed by atoms with Crippen molar-refractivity contribution in [3.05, 3.63) is 109 Å². The fourth-order valence-corrected chi connectivity index (χ4v) is 2.73. The number of rotatable bonds is 10. The summed E-state index contributed by atoms with van der Waals surface area (Å²) in [5, 5.41) is 13.8. The number of nitrogens with zero attached hydrogens (tertiary/aromatic N) is 3. The van der Waals surface area contributed by atoms with Crippen molar-refractivity contribution in [3.63, 3.8) is 0 Å². The summed E-state index contributed by atoms with van der Waals surface area (Å²) in [6, 6.07) is 22.0. The number of amidine groups is 1. The van der Waals surface area contributed by atoms with E-state index in [0.29, 0.717) is 46.9 Å². The molecule has 0 heterocycles. The van der Waals surface area contributed by atoms with Gasteiger partial charge in [-0.3, -0.25) is 5.43 Å². The number of nitrogens with one attached hydrogen (secondary N) is 1. The van der Waals surface area contributed by atoms with Crippen molar-refractivity contribution < 1.29 is 9.47 Å². The van der Waals surface area contributed by atoms with E-state index < -0.39 is 0 Å². The Hall–Kier alpha value is -3.90. The van der Waals surface area contributed by atoms with Crippen LogP contribution in [0.25, 0.3) is 0 Å². The van der Waals surface area contributed by atoms with Crippen LogP contribution in [0.3, 0.4) is 0 Å². The zero-order valence-electron chi connectivity index (χ0n) is 17.4. The number of benzene rings is 3. The molecule has 1 N–H and O–H groups in total. The summed E-state index contributed by atoms with van der Waals surface area (Å²) in [6.45, 7) is 8.10. The zero-order valence-corrected chi connectivity index (χ0v) is 18.2. The van der Waals surface area contributed by atoms with Crippen molar-refractivity contribution in [2.45, 2.75) is 0 Å². The van der Waals surface area contributed by atoms with E-state index in [-0.39, 0.29) is 0 Å². The summed E-state index contributed by atoms with van der Waals surface area (Å²) < 4.78 is 11.3. The van der Waals surface area contributed by atoms with Gasteiger partial charge in [-0.15, -0.1) is 10.2 Å². The second-order valence-electron chi connectivity index (χ2n) is 6.42. The summed E-state index contributed by atoms with van der Waals surface area (Å²) in [5.74, 6) is 1.60. The molecule has 3 aromatic carbocycles. The lowest BCUT2D eigenvalue weighted by Crippen LogP contribution is -2.03. The molecule has 0 bridgehead atoms. The molecule has 3 rings (SSSR count). The number of para-hydroxylation sites is 3. The average molecular weight is 447 g/mol. The van der Waals surface area contributed by atoms with Gasteiger partial charge in [-0.25, -0.2) is 0 Å². The first-order valence-corrected chi connectivity index (χ1v) is 10.3. The number of ether oxygens (including phenoxy) is 2. The molecule has 32 heavy (non-hydrogen) atoms. The third-order valence-electron chi connectivity index (χ3n) is 4.10. The molecule has 0 aliphatic carbocycles. The van der Waals surface area contributed by atoms with E-state index in [1.807, 2.05) is 60.7 Å². The highest BCUT2D eigenvalue weighted by Crippen LogP contribution is 2.28. The Labute approximate surface area is 192 Å². The van der Waals surface area contributed by atoms with Gasteiger partial charge in [-0.05, 0) is 48.5 Å². The van der Waals surface area contributed by atoms with Gasteiger partial charge in [0.25, 0.3) is 0 Å². The molecule has 0 spiro atoms. The molecular weight excluding hydrogens is 424 g/mol. The second kappa shape index (κ2) is 12.1. The zero-order chi connectivity index (χ0) is 22.6. The van der Waals surface area contributed by atoms with Gasteiger partial charge >= 0.3 is 0 Å². The fourth-order valence-electron chi connectivity index (χ4n) is 2.60. The topological polar surface area (TPSA) is 67.6 Å². The summed E-state index contributed by atoms with van der Waals surface area (Å²) >= 11 is 6.04. The Morgan fingerprint density at radius 1 is 0.844 bits per heavy atom. The predicted molar refractivity (Wildman–Crippen MR) is 130 cm³/mol. The van der Waals surface area contributed by atoms with E-state index in [1.54, 1.807) is 24.3 Å². The van der Waals surface area contributed by atoms with Crippen LogP contribution >= 0.6 is 11.6 Å². The Kier molecular flexibility index (Phi) is 8.60. The standard InChI is InChI=1S/C25H23ClN4O2/c1-3-17-31-23-11-7-5-9-21(23)27-29-25(19-13-15-20(26)16-14-19)30-28-22-10-6-8-12-24(22)32-18-4-2/h3-16,27H,1-2,17-18H2/b29-25+,30-28?. The Morgan fingerprint density at radius 3 is 2.19 bits per heavy atom. The van der Waals surface area contributed by atoms with Crippen LogP contribution < -0.4 is 14.9 Å². The van der Waals surface area contributed by atoms with Gasteiger partial charge in [-0.1, -0.05) is 61.2 Å². The highest BCUT2D eigenvalue weighted by Gasteiger charge is 2.07. The fraction of sp³-hybridized carbons (Fsp3) is 0.0800. The number of hydrogen-bond donors (Lipinski definition) is 1. The molecule has 0 atom stereocenters. The number of anilines is 1. The Morgan fingerprint density at radius 2 is 1.47 bits per heavy atom. The number of azo groups is 1. The number of hydrazone groups is 1. The van der Waals surface area contributed by atoms with Crippen LogP contribution in [0.2, 0.25) is 5.02 Å². The summed E-state index contributed by atoms with van der Waals surface area (Å²) in [7, 11) is 0.